The standard InChI is InChI=1S/C15H19N3O2S/c1-15(2,3)14-17-12(10-21-14)8-9-16-11-4-6-13(7-5-11)18(19)20/h4-7,10,16H,8-9H2,1-3H3. The van der Waals surface area contributed by atoms with Crippen molar-refractivity contribution in [3.8, 4) is 0 Å². The Bertz CT molecular complexity index is 615. The van der Waals surface area contributed by atoms with Crippen molar-refractivity contribution in [2.24, 2.45) is 0 Å². The van der Waals surface area contributed by atoms with Gasteiger partial charge in [-0.3, -0.25) is 10.1 Å². The Morgan fingerprint density at radius 2 is 1.95 bits per heavy atom. The SMILES string of the molecule is CC(C)(C)c1nc(CCNc2ccc([N+](=O)[O-])cc2)cs1. The molecule has 0 amide bonds. The largest absolute Gasteiger partial charge is 0.385 e. The lowest BCUT2D eigenvalue weighted by Gasteiger charge is -2.13. The molecule has 5 nitrogen and oxygen atoms in total. The van der Waals surface area contributed by atoms with E-state index in [2.05, 4.69) is 36.5 Å². The van der Waals surface area contributed by atoms with Gasteiger partial charge in [0.05, 0.1) is 15.6 Å². The van der Waals surface area contributed by atoms with Gasteiger partial charge in [-0.1, -0.05) is 20.8 Å². The molecule has 0 bridgehead atoms. The van der Waals surface area contributed by atoms with E-state index in [1.165, 1.54) is 12.1 Å². The molecule has 0 unspecified atom stereocenters. The maximum Gasteiger partial charge on any atom is 0.269 e. The molecule has 0 saturated heterocycles. The van der Waals surface area contributed by atoms with Crippen LogP contribution in [-0.4, -0.2) is 16.5 Å². The molecule has 1 N–H and O–H groups in total. The van der Waals surface area contributed by atoms with Crippen LogP contribution in [0.2, 0.25) is 0 Å². The number of nitrogens with zero attached hydrogens (tertiary/aromatic N) is 2. The van der Waals surface area contributed by atoms with Crippen LogP contribution < -0.4 is 5.32 Å². The van der Waals surface area contributed by atoms with Crippen LogP contribution in [0.15, 0.2) is 29.6 Å². The smallest absolute Gasteiger partial charge is 0.269 e. The van der Waals surface area contributed by atoms with Crippen molar-refractivity contribution in [2.45, 2.75) is 32.6 Å². The van der Waals surface area contributed by atoms with Gasteiger partial charge in [0.2, 0.25) is 0 Å². The summed E-state index contributed by atoms with van der Waals surface area (Å²) < 4.78 is 0. The van der Waals surface area contributed by atoms with E-state index in [0.717, 1.165) is 29.4 Å². The van der Waals surface area contributed by atoms with Gasteiger partial charge in [0.25, 0.3) is 5.69 Å². The van der Waals surface area contributed by atoms with Gasteiger partial charge in [-0.2, -0.15) is 0 Å². The number of hydrogen-bond acceptors (Lipinski definition) is 5. The number of hydrogen-bond donors (Lipinski definition) is 1. The summed E-state index contributed by atoms with van der Waals surface area (Å²) in [6.45, 7) is 7.23. The summed E-state index contributed by atoms with van der Waals surface area (Å²) >= 11 is 1.69. The number of non-ortho nitro benzene ring substituents is 1. The molecule has 1 aromatic carbocycles. The first-order chi connectivity index (χ1) is 9.86. The number of benzene rings is 1. The normalized spacial score (nSPS) is 11.4. The van der Waals surface area contributed by atoms with Crippen molar-refractivity contribution in [1.82, 2.24) is 4.98 Å². The third-order valence-electron chi connectivity index (χ3n) is 2.98. The predicted octanol–water partition coefficient (Wildman–Crippen LogP) is 4.00. The summed E-state index contributed by atoms with van der Waals surface area (Å²) in [5.74, 6) is 0. The molecule has 0 aliphatic carbocycles. The van der Waals surface area contributed by atoms with Crippen LogP contribution in [0.1, 0.15) is 31.5 Å². The van der Waals surface area contributed by atoms with Crippen LogP contribution >= 0.6 is 11.3 Å². The Kier molecular flexibility index (Phi) is 4.57. The van der Waals surface area contributed by atoms with Crippen LogP contribution in [0.4, 0.5) is 11.4 Å². The first-order valence-electron chi connectivity index (χ1n) is 6.79. The summed E-state index contributed by atoms with van der Waals surface area (Å²) in [5, 5.41) is 17.1. The third-order valence-corrected chi connectivity index (χ3v) is 4.30. The minimum absolute atomic E-state index is 0.0920. The Morgan fingerprint density at radius 1 is 1.29 bits per heavy atom. The van der Waals surface area contributed by atoms with Gasteiger partial charge in [0.1, 0.15) is 0 Å². The Balaban J connectivity index is 1.86. The van der Waals surface area contributed by atoms with E-state index in [4.69, 9.17) is 0 Å². The second-order valence-electron chi connectivity index (χ2n) is 5.87. The number of aromatic nitrogens is 1. The molecule has 0 aliphatic rings. The van der Waals surface area contributed by atoms with E-state index in [1.54, 1.807) is 23.5 Å². The average molecular weight is 305 g/mol. The van der Waals surface area contributed by atoms with Gasteiger partial charge in [-0.25, -0.2) is 4.98 Å². The van der Waals surface area contributed by atoms with Crippen LogP contribution in [-0.2, 0) is 11.8 Å². The summed E-state index contributed by atoms with van der Waals surface area (Å²) in [4.78, 5) is 14.8. The summed E-state index contributed by atoms with van der Waals surface area (Å²) in [7, 11) is 0. The Labute approximate surface area is 128 Å². The molecule has 21 heavy (non-hydrogen) atoms. The molecule has 2 aromatic rings. The van der Waals surface area contributed by atoms with Crippen molar-refractivity contribution >= 4 is 22.7 Å². The highest BCUT2D eigenvalue weighted by molar-refractivity contribution is 7.09. The number of thiazole rings is 1. The molecular weight excluding hydrogens is 286 g/mol. The molecule has 1 aromatic heterocycles. The molecule has 112 valence electrons. The molecule has 0 spiro atoms. The summed E-state index contributed by atoms with van der Waals surface area (Å²) in [6.07, 6.45) is 0.837. The van der Waals surface area contributed by atoms with E-state index in [1.807, 2.05) is 0 Å². The van der Waals surface area contributed by atoms with E-state index in [9.17, 15) is 10.1 Å². The minimum Gasteiger partial charge on any atom is -0.385 e. The number of rotatable bonds is 5. The van der Waals surface area contributed by atoms with E-state index in [-0.39, 0.29) is 11.1 Å². The van der Waals surface area contributed by atoms with Gasteiger partial charge >= 0.3 is 0 Å². The highest BCUT2D eigenvalue weighted by Crippen LogP contribution is 2.25. The second kappa shape index (κ2) is 6.22. The van der Waals surface area contributed by atoms with E-state index in [0.29, 0.717) is 0 Å². The van der Waals surface area contributed by atoms with Gasteiger partial charge in [-0.05, 0) is 12.1 Å². The monoisotopic (exact) mass is 305 g/mol. The van der Waals surface area contributed by atoms with Crippen molar-refractivity contribution in [1.29, 1.82) is 0 Å². The quantitative estimate of drug-likeness (QED) is 0.669. The molecule has 1 heterocycles. The molecule has 0 saturated carbocycles. The molecule has 0 radical (unpaired) electrons. The number of anilines is 1. The number of nitrogens with one attached hydrogen (secondary N) is 1. The zero-order valence-electron chi connectivity index (χ0n) is 12.4. The molecule has 0 fully saturated rings. The fourth-order valence-corrected chi connectivity index (χ4v) is 2.74. The maximum atomic E-state index is 10.6. The lowest BCUT2D eigenvalue weighted by molar-refractivity contribution is -0.384. The van der Waals surface area contributed by atoms with Gasteiger partial charge in [-0.15, -0.1) is 11.3 Å². The second-order valence-corrected chi connectivity index (χ2v) is 6.73. The predicted molar refractivity (Wildman–Crippen MR) is 86.1 cm³/mol. The number of nitro benzene ring substituents is 1. The van der Waals surface area contributed by atoms with Crippen LogP contribution in [0.5, 0.6) is 0 Å². The summed E-state index contributed by atoms with van der Waals surface area (Å²) in [5.41, 5.74) is 2.16. The fourth-order valence-electron chi connectivity index (χ4n) is 1.80. The van der Waals surface area contributed by atoms with E-state index >= 15 is 0 Å². The highest BCUT2D eigenvalue weighted by Gasteiger charge is 2.17. The zero-order valence-corrected chi connectivity index (χ0v) is 13.2. The molecule has 0 aliphatic heterocycles. The average Bonchev–Trinajstić information content (AvgIpc) is 2.88. The van der Waals surface area contributed by atoms with Gasteiger partial charge in [0.15, 0.2) is 0 Å². The Morgan fingerprint density at radius 3 is 2.48 bits per heavy atom. The number of nitro groups is 1. The summed E-state index contributed by atoms with van der Waals surface area (Å²) in [6, 6.07) is 6.45. The van der Waals surface area contributed by atoms with Crippen molar-refractivity contribution < 1.29 is 4.92 Å². The molecule has 0 atom stereocenters. The third kappa shape index (κ3) is 4.26. The lowest BCUT2D eigenvalue weighted by atomic mass is 9.98. The zero-order chi connectivity index (χ0) is 15.5. The van der Waals surface area contributed by atoms with Crippen molar-refractivity contribution in [3.05, 3.63) is 50.5 Å². The van der Waals surface area contributed by atoms with Gasteiger partial charge in [0, 0.05) is 41.6 Å². The maximum absolute atomic E-state index is 10.6. The Hall–Kier alpha value is -1.95. The minimum atomic E-state index is -0.396. The highest BCUT2D eigenvalue weighted by atomic mass is 32.1. The van der Waals surface area contributed by atoms with Gasteiger partial charge < -0.3 is 5.32 Å². The first kappa shape index (κ1) is 15.4. The van der Waals surface area contributed by atoms with Crippen molar-refractivity contribution in [2.75, 3.05) is 11.9 Å². The topological polar surface area (TPSA) is 68.1 Å². The lowest BCUT2D eigenvalue weighted by Crippen LogP contribution is -2.11. The van der Waals surface area contributed by atoms with E-state index < -0.39 is 4.92 Å². The van der Waals surface area contributed by atoms with Crippen molar-refractivity contribution in [3.63, 3.8) is 0 Å². The van der Waals surface area contributed by atoms with Crippen LogP contribution in [0, 0.1) is 10.1 Å². The van der Waals surface area contributed by atoms with Crippen LogP contribution in [0.3, 0.4) is 0 Å². The first-order valence-corrected chi connectivity index (χ1v) is 7.67. The molecule has 2 rings (SSSR count). The molecular formula is C15H19N3O2S. The molecule has 6 heteroatoms. The van der Waals surface area contributed by atoms with Crippen LogP contribution in [0.25, 0.3) is 0 Å². The fraction of sp³-hybridized carbons (Fsp3) is 0.400.